The molecule has 5 heteroatoms. The molecule has 1 fully saturated rings. The van der Waals surface area contributed by atoms with E-state index in [-0.39, 0.29) is 12.2 Å². The Bertz CT molecular complexity index is 570. The molecule has 1 aromatic heterocycles. The Kier molecular flexibility index (Phi) is 4.52. The van der Waals surface area contributed by atoms with Crippen LogP contribution < -0.4 is 0 Å². The number of rotatable bonds is 3. The maximum Gasteiger partial charge on any atom is 0.410 e. The highest BCUT2D eigenvalue weighted by molar-refractivity contribution is 7.10. The molecule has 110 valence electrons. The molecule has 0 radical (unpaired) electrons. The third-order valence-corrected chi connectivity index (χ3v) is 4.35. The van der Waals surface area contributed by atoms with Gasteiger partial charge in [-0.1, -0.05) is 36.4 Å². The van der Waals surface area contributed by atoms with Crippen molar-refractivity contribution >= 4 is 17.4 Å². The summed E-state index contributed by atoms with van der Waals surface area (Å²) < 4.78 is 11.1. The van der Waals surface area contributed by atoms with Crippen LogP contribution in [0.3, 0.4) is 0 Å². The topological polar surface area (TPSA) is 38.8 Å². The molecule has 0 spiro atoms. The summed E-state index contributed by atoms with van der Waals surface area (Å²) in [5.74, 6) is 0. The zero-order valence-corrected chi connectivity index (χ0v) is 12.4. The molecule has 1 saturated heterocycles. The first kappa shape index (κ1) is 14.1. The minimum Gasteiger partial charge on any atom is -0.445 e. The lowest BCUT2D eigenvalue weighted by atomic mass is 10.2. The van der Waals surface area contributed by atoms with Crippen LogP contribution in [0.4, 0.5) is 4.79 Å². The lowest BCUT2D eigenvalue weighted by Crippen LogP contribution is -2.42. The van der Waals surface area contributed by atoms with Crippen LogP contribution in [-0.4, -0.2) is 30.7 Å². The van der Waals surface area contributed by atoms with E-state index < -0.39 is 0 Å². The molecule has 3 rings (SSSR count). The van der Waals surface area contributed by atoms with E-state index in [1.807, 2.05) is 47.8 Å². The minimum absolute atomic E-state index is 0.0389. The third-order valence-electron chi connectivity index (χ3n) is 3.39. The molecule has 1 amide bonds. The van der Waals surface area contributed by atoms with Crippen LogP contribution >= 0.6 is 11.3 Å². The van der Waals surface area contributed by atoms with Gasteiger partial charge in [-0.3, -0.25) is 0 Å². The predicted molar refractivity (Wildman–Crippen MR) is 81.2 cm³/mol. The zero-order chi connectivity index (χ0) is 14.5. The van der Waals surface area contributed by atoms with Gasteiger partial charge >= 0.3 is 6.09 Å². The first-order chi connectivity index (χ1) is 10.3. The Morgan fingerprint density at radius 1 is 1.29 bits per heavy atom. The first-order valence-corrected chi connectivity index (χ1v) is 7.81. The Morgan fingerprint density at radius 3 is 2.90 bits per heavy atom. The highest BCUT2D eigenvalue weighted by Crippen LogP contribution is 2.26. The second-order valence-electron chi connectivity index (χ2n) is 4.86. The molecular weight excluding hydrogens is 286 g/mol. The molecule has 1 atom stereocenters. The Morgan fingerprint density at radius 2 is 2.14 bits per heavy atom. The number of nitrogens with zero attached hydrogens (tertiary/aromatic N) is 1. The van der Waals surface area contributed by atoms with Crippen molar-refractivity contribution in [2.45, 2.75) is 12.7 Å². The molecule has 1 aromatic carbocycles. The molecule has 21 heavy (non-hydrogen) atoms. The summed E-state index contributed by atoms with van der Waals surface area (Å²) in [7, 11) is 0. The summed E-state index contributed by atoms with van der Waals surface area (Å²) in [5.41, 5.74) is 0.994. The fourth-order valence-electron chi connectivity index (χ4n) is 2.27. The van der Waals surface area contributed by atoms with Gasteiger partial charge in [0.05, 0.1) is 13.2 Å². The molecule has 0 saturated carbocycles. The number of amides is 1. The van der Waals surface area contributed by atoms with Crippen LogP contribution in [0.5, 0.6) is 0 Å². The molecule has 2 aromatic rings. The Balaban J connectivity index is 1.55. The third kappa shape index (κ3) is 3.62. The van der Waals surface area contributed by atoms with Crippen molar-refractivity contribution in [2.24, 2.45) is 0 Å². The number of carbonyl (C=O) groups is 1. The largest absolute Gasteiger partial charge is 0.445 e. The van der Waals surface area contributed by atoms with E-state index in [1.54, 1.807) is 16.2 Å². The van der Waals surface area contributed by atoms with Gasteiger partial charge in [-0.2, -0.15) is 0 Å². The molecule has 1 aliphatic heterocycles. The highest BCUT2D eigenvalue weighted by Gasteiger charge is 2.26. The second-order valence-corrected chi connectivity index (χ2v) is 5.84. The summed E-state index contributed by atoms with van der Waals surface area (Å²) in [5, 5.41) is 2.02. The molecule has 0 aliphatic carbocycles. The van der Waals surface area contributed by atoms with E-state index in [0.717, 1.165) is 10.4 Å². The van der Waals surface area contributed by atoms with Crippen LogP contribution in [0.1, 0.15) is 16.5 Å². The van der Waals surface area contributed by atoms with E-state index in [0.29, 0.717) is 26.3 Å². The van der Waals surface area contributed by atoms with Crippen LogP contribution in [-0.2, 0) is 16.1 Å². The molecular formula is C16H17NO3S. The predicted octanol–water partition coefficient (Wildman–Crippen LogP) is 3.46. The molecule has 1 unspecified atom stereocenters. The number of carbonyl (C=O) groups excluding carboxylic acids is 1. The Hall–Kier alpha value is -1.85. The SMILES string of the molecule is O=C(OCc1ccccc1)N1CCOC(c2cccs2)C1. The van der Waals surface area contributed by atoms with Gasteiger partial charge in [-0.05, 0) is 17.0 Å². The summed E-state index contributed by atoms with van der Waals surface area (Å²) in [6.45, 7) is 1.98. The Labute approximate surface area is 127 Å². The average molecular weight is 303 g/mol. The standard InChI is InChI=1S/C16H17NO3S/c18-16(20-12-13-5-2-1-3-6-13)17-8-9-19-14(11-17)15-7-4-10-21-15/h1-7,10,14H,8-9,11-12H2. The van der Waals surface area contributed by atoms with Crippen LogP contribution in [0.25, 0.3) is 0 Å². The monoisotopic (exact) mass is 303 g/mol. The van der Waals surface area contributed by atoms with Gasteiger partial charge in [0.15, 0.2) is 0 Å². The molecule has 2 heterocycles. The van der Waals surface area contributed by atoms with Crippen molar-refractivity contribution in [3.8, 4) is 0 Å². The van der Waals surface area contributed by atoms with E-state index >= 15 is 0 Å². The first-order valence-electron chi connectivity index (χ1n) is 6.93. The lowest BCUT2D eigenvalue weighted by molar-refractivity contribution is -0.0280. The van der Waals surface area contributed by atoms with Crippen molar-refractivity contribution in [2.75, 3.05) is 19.7 Å². The van der Waals surface area contributed by atoms with Crippen LogP contribution in [0, 0.1) is 0 Å². The summed E-state index contributed by atoms with van der Waals surface area (Å²) >= 11 is 1.65. The highest BCUT2D eigenvalue weighted by atomic mass is 32.1. The van der Waals surface area contributed by atoms with Crippen LogP contribution in [0.15, 0.2) is 47.8 Å². The van der Waals surface area contributed by atoms with Gasteiger partial charge in [0.1, 0.15) is 12.7 Å². The maximum atomic E-state index is 12.1. The lowest BCUT2D eigenvalue weighted by Gasteiger charge is -2.31. The number of thiophene rings is 1. The normalized spacial score (nSPS) is 18.5. The van der Waals surface area contributed by atoms with Crippen molar-refractivity contribution in [3.63, 3.8) is 0 Å². The summed E-state index contributed by atoms with van der Waals surface area (Å²) in [4.78, 5) is 15.0. The van der Waals surface area contributed by atoms with Gasteiger partial charge in [-0.25, -0.2) is 4.79 Å². The maximum absolute atomic E-state index is 12.1. The van der Waals surface area contributed by atoms with Crippen molar-refractivity contribution in [3.05, 3.63) is 58.3 Å². The van der Waals surface area contributed by atoms with Crippen molar-refractivity contribution < 1.29 is 14.3 Å². The number of ether oxygens (including phenoxy) is 2. The van der Waals surface area contributed by atoms with E-state index in [1.165, 1.54) is 0 Å². The quantitative estimate of drug-likeness (QED) is 0.871. The van der Waals surface area contributed by atoms with E-state index in [9.17, 15) is 4.79 Å². The van der Waals surface area contributed by atoms with Gasteiger partial charge in [0.2, 0.25) is 0 Å². The molecule has 0 N–H and O–H groups in total. The van der Waals surface area contributed by atoms with Gasteiger partial charge in [-0.15, -0.1) is 11.3 Å². The molecule has 4 nitrogen and oxygen atoms in total. The summed E-state index contributed by atoms with van der Waals surface area (Å²) in [6.07, 6.45) is -0.313. The average Bonchev–Trinajstić information content (AvgIpc) is 3.08. The number of morpholine rings is 1. The fourth-order valence-corrected chi connectivity index (χ4v) is 3.04. The minimum atomic E-state index is -0.274. The smallest absolute Gasteiger partial charge is 0.410 e. The second kappa shape index (κ2) is 6.74. The van der Waals surface area contributed by atoms with E-state index in [2.05, 4.69) is 0 Å². The summed E-state index contributed by atoms with van der Waals surface area (Å²) in [6, 6.07) is 13.7. The van der Waals surface area contributed by atoms with Gasteiger partial charge in [0, 0.05) is 11.4 Å². The van der Waals surface area contributed by atoms with Gasteiger partial charge in [0.25, 0.3) is 0 Å². The fraction of sp³-hybridized carbons (Fsp3) is 0.312. The number of benzene rings is 1. The molecule has 0 bridgehead atoms. The van der Waals surface area contributed by atoms with Gasteiger partial charge < -0.3 is 14.4 Å². The van der Waals surface area contributed by atoms with Crippen molar-refractivity contribution in [1.29, 1.82) is 0 Å². The number of hydrogen-bond acceptors (Lipinski definition) is 4. The number of hydrogen-bond donors (Lipinski definition) is 0. The van der Waals surface area contributed by atoms with Crippen molar-refractivity contribution in [1.82, 2.24) is 4.90 Å². The zero-order valence-electron chi connectivity index (χ0n) is 11.6. The molecule has 1 aliphatic rings. The van der Waals surface area contributed by atoms with Crippen LogP contribution in [0.2, 0.25) is 0 Å². The van der Waals surface area contributed by atoms with E-state index in [4.69, 9.17) is 9.47 Å².